The SMILES string of the molecule is CC(C)c1nsc(NC2CCOC(c3cncn3C)C2)n1. The van der Waals surface area contributed by atoms with Crippen LogP contribution in [-0.2, 0) is 11.8 Å². The average molecular weight is 307 g/mol. The van der Waals surface area contributed by atoms with E-state index < -0.39 is 0 Å². The fourth-order valence-corrected chi connectivity index (χ4v) is 3.30. The first-order valence-corrected chi connectivity index (χ1v) is 8.08. The molecule has 0 radical (unpaired) electrons. The summed E-state index contributed by atoms with van der Waals surface area (Å²) in [6, 6.07) is 0.367. The number of imidazole rings is 1. The minimum Gasteiger partial charge on any atom is -0.372 e. The summed E-state index contributed by atoms with van der Waals surface area (Å²) in [5.41, 5.74) is 1.13. The van der Waals surface area contributed by atoms with Gasteiger partial charge in [-0.1, -0.05) is 13.8 Å². The van der Waals surface area contributed by atoms with Crippen LogP contribution < -0.4 is 5.32 Å². The molecule has 2 atom stereocenters. The number of nitrogens with one attached hydrogen (secondary N) is 1. The van der Waals surface area contributed by atoms with Crippen LogP contribution in [0.4, 0.5) is 5.13 Å². The van der Waals surface area contributed by atoms with Crippen molar-refractivity contribution in [2.24, 2.45) is 7.05 Å². The summed E-state index contributed by atoms with van der Waals surface area (Å²) >= 11 is 1.44. The van der Waals surface area contributed by atoms with E-state index in [9.17, 15) is 0 Å². The van der Waals surface area contributed by atoms with E-state index in [-0.39, 0.29) is 6.10 Å². The lowest BCUT2D eigenvalue weighted by Gasteiger charge is -2.30. The van der Waals surface area contributed by atoms with Crippen molar-refractivity contribution in [3.63, 3.8) is 0 Å². The number of rotatable bonds is 4. The second-order valence-corrected chi connectivity index (χ2v) is 6.52. The average Bonchev–Trinajstić information content (AvgIpc) is 3.08. The summed E-state index contributed by atoms with van der Waals surface area (Å²) in [5, 5.41) is 4.41. The van der Waals surface area contributed by atoms with Crippen LogP contribution in [0.15, 0.2) is 12.5 Å². The fraction of sp³-hybridized carbons (Fsp3) is 0.643. The molecule has 2 aromatic rings. The van der Waals surface area contributed by atoms with E-state index in [0.717, 1.165) is 36.1 Å². The van der Waals surface area contributed by atoms with Crippen LogP contribution in [0.3, 0.4) is 0 Å². The number of hydrogen-bond donors (Lipinski definition) is 1. The highest BCUT2D eigenvalue weighted by Crippen LogP contribution is 2.30. The van der Waals surface area contributed by atoms with Gasteiger partial charge in [0, 0.05) is 37.1 Å². The Morgan fingerprint density at radius 3 is 3.00 bits per heavy atom. The first-order chi connectivity index (χ1) is 10.1. The topological polar surface area (TPSA) is 64.9 Å². The Morgan fingerprint density at radius 1 is 1.48 bits per heavy atom. The number of anilines is 1. The van der Waals surface area contributed by atoms with Crippen molar-refractivity contribution in [1.82, 2.24) is 18.9 Å². The minimum atomic E-state index is 0.0984. The summed E-state index contributed by atoms with van der Waals surface area (Å²) < 4.78 is 12.3. The molecular weight excluding hydrogens is 286 g/mol. The summed E-state index contributed by atoms with van der Waals surface area (Å²) in [7, 11) is 2.00. The lowest BCUT2D eigenvalue weighted by molar-refractivity contribution is 0.00559. The molecule has 0 amide bonds. The number of aromatic nitrogens is 4. The van der Waals surface area contributed by atoms with Crippen molar-refractivity contribution in [3.8, 4) is 0 Å². The third-order valence-electron chi connectivity index (χ3n) is 3.75. The summed E-state index contributed by atoms with van der Waals surface area (Å²) in [6.45, 7) is 4.97. The maximum absolute atomic E-state index is 5.88. The van der Waals surface area contributed by atoms with Gasteiger partial charge in [0.2, 0.25) is 5.13 Å². The van der Waals surface area contributed by atoms with E-state index in [2.05, 4.69) is 33.5 Å². The molecule has 0 aromatic carbocycles. The highest BCUT2D eigenvalue weighted by molar-refractivity contribution is 7.09. The summed E-state index contributed by atoms with van der Waals surface area (Å²) in [4.78, 5) is 8.72. The largest absolute Gasteiger partial charge is 0.372 e. The van der Waals surface area contributed by atoms with E-state index in [1.807, 2.05) is 24.1 Å². The number of nitrogens with zero attached hydrogens (tertiary/aromatic N) is 4. The van der Waals surface area contributed by atoms with Crippen molar-refractivity contribution >= 4 is 16.7 Å². The van der Waals surface area contributed by atoms with Gasteiger partial charge in [0.25, 0.3) is 0 Å². The second kappa shape index (κ2) is 6.11. The second-order valence-electron chi connectivity index (χ2n) is 5.77. The first kappa shape index (κ1) is 14.5. The minimum absolute atomic E-state index is 0.0984. The van der Waals surface area contributed by atoms with Gasteiger partial charge in [-0.15, -0.1) is 0 Å². The predicted molar refractivity (Wildman–Crippen MR) is 82.5 cm³/mol. The van der Waals surface area contributed by atoms with Gasteiger partial charge >= 0.3 is 0 Å². The highest BCUT2D eigenvalue weighted by atomic mass is 32.1. The molecule has 0 bridgehead atoms. The Bertz CT molecular complexity index is 594. The maximum atomic E-state index is 5.88. The molecule has 0 saturated carbocycles. The summed E-state index contributed by atoms with van der Waals surface area (Å²) in [6.07, 6.45) is 5.71. The fourth-order valence-electron chi connectivity index (χ4n) is 2.51. The molecule has 1 fully saturated rings. The van der Waals surface area contributed by atoms with Crippen LogP contribution in [0.25, 0.3) is 0 Å². The molecular formula is C14H21N5OS. The molecule has 7 heteroatoms. The quantitative estimate of drug-likeness (QED) is 0.941. The van der Waals surface area contributed by atoms with Crippen molar-refractivity contribution in [2.45, 2.75) is 44.8 Å². The zero-order valence-corrected chi connectivity index (χ0v) is 13.4. The number of ether oxygens (including phenoxy) is 1. The van der Waals surface area contributed by atoms with Gasteiger partial charge in [-0.05, 0) is 12.8 Å². The van der Waals surface area contributed by atoms with Crippen molar-refractivity contribution < 1.29 is 4.74 Å². The summed E-state index contributed by atoms with van der Waals surface area (Å²) in [5.74, 6) is 1.28. The molecule has 2 aromatic heterocycles. The van der Waals surface area contributed by atoms with Gasteiger partial charge in [-0.2, -0.15) is 4.37 Å². The molecule has 2 unspecified atom stereocenters. The van der Waals surface area contributed by atoms with Gasteiger partial charge in [-0.3, -0.25) is 0 Å². The molecule has 114 valence electrons. The maximum Gasteiger partial charge on any atom is 0.202 e. The lowest BCUT2D eigenvalue weighted by atomic mass is 10.0. The van der Waals surface area contributed by atoms with Crippen molar-refractivity contribution in [2.75, 3.05) is 11.9 Å². The molecule has 3 heterocycles. The van der Waals surface area contributed by atoms with E-state index >= 15 is 0 Å². The van der Waals surface area contributed by atoms with E-state index in [1.165, 1.54) is 11.5 Å². The van der Waals surface area contributed by atoms with E-state index in [4.69, 9.17) is 4.74 Å². The van der Waals surface area contributed by atoms with E-state index in [1.54, 1.807) is 0 Å². The van der Waals surface area contributed by atoms with Gasteiger partial charge in [0.05, 0.1) is 18.2 Å². The Kier molecular flexibility index (Phi) is 4.21. The molecule has 1 N–H and O–H groups in total. The first-order valence-electron chi connectivity index (χ1n) is 7.31. The highest BCUT2D eigenvalue weighted by Gasteiger charge is 2.26. The third kappa shape index (κ3) is 3.24. The smallest absolute Gasteiger partial charge is 0.202 e. The molecule has 1 aliphatic heterocycles. The number of aryl methyl sites for hydroxylation is 1. The molecule has 3 rings (SSSR count). The van der Waals surface area contributed by atoms with E-state index in [0.29, 0.717) is 12.0 Å². The van der Waals surface area contributed by atoms with Gasteiger partial charge < -0.3 is 14.6 Å². The van der Waals surface area contributed by atoms with Crippen LogP contribution in [0.2, 0.25) is 0 Å². The van der Waals surface area contributed by atoms with Gasteiger partial charge in [-0.25, -0.2) is 9.97 Å². The van der Waals surface area contributed by atoms with Crippen LogP contribution in [0, 0.1) is 0 Å². The Balaban J connectivity index is 1.64. The molecule has 6 nitrogen and oxygen atoms in total. The molecule has 0 aliphatic carbocycles. The zero-order chi connectivity index (χ0) is 14.8. The van der Waals surface area contributed by atoms with Gasteiger partial charge in [0.1, 0.15) is 11.9 Å². The molecule has 1 aliphatic rings. The van der Waals surface area contributed by atoms with Crippen molar-refractivity contribution in [1.29, 1.82) is 0 Å². The van der Waals surface area contributed by atoms with Crippen LogP contribution in [0.5, 0.6) is 0 Å². The number of hydrogen-bond acceptors (Lipinski definition) is 6. The Morgan fingerprint density at radius 2 is 2.33 bits per heavy atom. The van der Waals surface area contributed by atoms with Crippen molar-refractivity contribution in [3.05, 3.63) is 24.0 Å². The molecule has 0 spiro atoms. The normalized spacial score (nSPS) is 22.7. The standard InChI is InChI=1S/C14H21N5OS/c1-9(2)13-17-14(21-18-13)16-10-4-5-20-12(6-10)11-7-15-8-19(11)3/h7-10,12H,4-6H2,1-3H3,(H,16,17,18). The van der Waals surface area contributed by atoms with Crippen LogP contribution in [0.1, 0.15) is 50.2 Å². The monoisotopic (exact) mass is 307 g/mol. The molecule has 1 saturated heterocycles. The van der Waals surface area contributed by atoms with Gasteiger partial charge in [0.15, 0.2) is 0 Å². The predicted octanol–water partition coefficient (Wildman–Crippen LogP) is 2.73. The lowest BCUT2D eigenvalue weighted by Crippen LogP contribution is -2.30. The third-order valence-corrected chi connectivity index (χ3v) is 4.41. The Hall–Kier alpha value is -1.47. The van der Waals surface area contributed by atoms with Crippen LogP contribution in [-0.4, -0.2) is 31.6 Å². The molecule has 21 heavy (non-hydrogen) atoms. The Labute approximate surface area is 128 Å². The zero-order valence-electron chi connectivity index (χ0n) is 12.6. The van der Waals surface area contributed by atoms with Crippen LogP contribution >= 0.6 is 11.5 Å².